The minimum Gasteiger partial charge on any atom is -0.313 e. The van der Waals surface area contributed by atoms with E-state index in [1.807, 2.05) is 34.6 Å². The molecule has 1 aromatic rings. The quantitative estimate of drug-likeness (QED) is 0.596. The zero-order chi connectivity index (χ0) is 9.28. The molecule has 0 aliphatic rings. The van der Waals surface area contributed by atoms with Crippen LogP contribution in [0.25, 0.3) is 0 Å². The fourth-order valence-electron chi connectivity index (χ4n) is 0.425. The Hall–Kier alpha value is -0.990. The maximum absolute atomic E-state index is 10.2. The van der Waals surface area contributed by atoms with Gasteiger partial charge < -0.3 is 9.97 Å². The van der Waals surface area contributed by atoms with E-state index in [1.165, 1.54) is 0 Å². The number of aromatic nitrogens is 2. The number of aryl methyl sites for hydroxylation is 1. The highest BCUT2D eigenvalue weighted by Gasteiger charge is 1.81. The first kappa shape index (κ1) is 12.7. The molecule has 0 unspecified atom stereocenters. The molecule has 0 aromatic carbocycles. The van der Waals surface area contributed by atoms with Gasteiger partial charge in [-0.15, -0.1) is 0 Å². The number of H-pyrrole nitrogens is 2. The summed E-state index contributed by atoms with van der Waals surface area (Å²) in [6.07, 6.45) is 1.63. The average molecular weight is 158 g/mol. The van der Waals surface area contributed by atoms with Crippen LogP contribution in [0.2, 0.25) is 0 Å². The summed E-state index contributed by atoms with van der Waals surface area (Å²) >= 11 is 0. The summed E-state index contributed by atoms with van der Waals surface area (Å²) in [6, 6.07) is 0. The number of hydrogen-bond donors (Lipinski definition) is 2. The predicted molar refractivity (Wildman–Crippen MR) is 48.8 cm³/mol. The molecule has 1 rings (SSSR count). The molecule has 0 aliphatic heterocycles. The molecule has 11 heavy (non-hydrogen) atoms. The third-order valence-electron chi connectivity index (χ3n) is 0.730. The van der Waals surface area contributed by atoms with Gasteiger partial charge in [0.1, 0.15) is 0 Å². The summed E-state index contributed by atoms with van der Waals surface area (Å²) in [4.78, 5) is 15.2. The molecule has 1 aromatic heterocycles. The van der Waals surface area contributed by atoms with Gasteiger partial charge in [-0.05, 0) is 6.92 Å². The second-order valence-corrected chi connectivity index (χ2v) is 1.43. The Bertz CT molecular complexity index is 200. The number of aromatic amines is 2. The zero-order valence-electron chi connectivity index (χ0n) is 7.99. The van der Waals surface area contributed by atoms with E-state index >= 15 is 0 Å². The molecule has 0 atom stereocenters. The highest BCUT2D eigenvalue weighted by Crippen LogP contribution is 1.76. The molecule has 2 N–H and O–H groups in total. The van der Waals surface area contributed by atoms with Gasteiger partial charge in [0, 0.05) is 11.9 Å². The van der Waals surface area contributed by atoms with Crippen LogP contribution in [0.3, 0.4) is 0 Å². The maximum atomic E-state index is 10.2. The molecule has 3 heteroatoms. The van der Waals surface area contributed by atoms with Crippen LogP contribution >= 0.6 is 0 Å². The lowest BCUT2D eigenvalue weighted by Gasteiger charge is -1.67. The van der Waals surface area contributed by atoms with Crippen molar-refractivity contribution in [2.24, 2.45) is 0 Å². The van der Waals surface area contributed by atoms with Crippen molar-refractivity contribution < 1.29 is 0 Å². The third kappa shape index (κ3) is 6.90. The van der Waals surface area contributed by atoms with E-state index in [4.69, 9.17) is 0 Å². The van der Waals surface area contributed by atoms with Gasteiger partial charge in [-0.1, -0.05) is 27.7 Å². The van der Waals surface area contributed by atoms with E-state index in [0.717, 1.165) is 5.69 Å². The molecule has 0 bridgehead atoms. The third-order valence-corrected chi connectivity index (χ3v) is 0.730. The van der Waals surface area contributed by atoms with E-state index < -0.39 is 0 Å². The van der Waals surface area contributed by atoms with Crippen molar-refractivity contribution in [1.29, 1.82) is 0 Å². The Labute approximate surface area is 67.9 Å². The summed E-state index contributed by atoms with van der Waals surface area (Å²) in [5.41, 5.74) is 0.725. The van der Waals surface area contributed by atoms with E-state index in [9.17, 15) is 4.79 Å². The molecular formula is C8H18N2O. The van der Waals surface area contributed by atoms with Crippen molar-refractivity contribution in [3.05, 3.63) is 22.4 Å². The Kier molecular flexibility index (Phi) is 10.4. The number of imidazole rings is 1. The molecule has 0 amide bonds. The van der Waals surface area contributed by atoms with E-state index in [0.29, 0.717) is 0 Å². The monoisotopic (exact) mass is 158 g/mol. The van der Waals surface area contributed by atoms with Crippen LogP contribution in [0.4, 0.5) is 0 Å². The van der Waals surface area contributed by atoms with Crippen molar-refractivity contribution in [3.8, 4) is 0 Å². The summed E-state index contributed by atoms with van der Waals surface area (Å²) in [5, 5.41) is 0. The second kappa shape index (κ2) is 9.01. The Morgan fingerprint density at radius 2 is 1.64 bits per heavy atom. The fourth-order valence-corrected chi connectivity index (χ4v) is 0.425. The summed E-state index contributed by atoms with van der Waals surface area (Å²) < 4.78 is 0. The second-order valence-electron chi connectivity index (χ2n) is 1.43. The maximum Gasteiger partial charge on any atom is 0.323 e. The van der Waals surface area contributed by atoms with Crippen LogP contribution in [0.5, 0.6) is 0 Å². The smallest absolute Gasteiger partial charge is 0.313 e. The first-order valence-electron chi connectivity index (χ1n) is 4.03. The summed E-state index contributed by atoms with van der Waals surface area (Å²) in [5.74, 6) is 0. The van der Waals surface area contributed by atoms with Gasteiger partial charge in [0.15, 0.2) is 0 Å². The van der Waals surface area contributed by atoms with Gasteiger partial charge in [0.25, 0.3) is 0 Å². The van der Waals surface area contributed by atoms with Gasteiger partial charge in [-0.25, -0.2) is 4.79 Å². The fraction of sp³-hybridized carbons (Fsp3) is 0.625. The van der Waals surface area contributed by atoms with Gasteiger partial charge in [0.05, 0.1) is 0 Å². The number of nitrogens with one attached hydrogen (secondary N) is 2. The van der Waals surface area contributed by atoms with Gasteiger partial charge in [-0.3, -0.25) is 0 Å². The molecule has 3 nitrogen and oxygen atoms in total. The van der Waals surface area contributed by atoms with E-state index in [-0.39, 0.29) is 5.69 Å². The SMILES string of the molecule is CC.CC.Cc1c[nH]c(=O)[nH]1. The molecule has 1 heterocycles. The van der Waals surface area contributed by atoms with Crippen molar-refractivity contribution in [1.82, 2.24) is 9.97 Å². The number of rotatable bonds is 0. The summed E-state index contributed by atoms with van der Waals surface area (Å²) in [6.45, 7) is 9.82. The zero-order valence-corrected chi connectivity index (χ0v) is 7.99. The van der Waals surface area contributed by atoms with Crippen molar-refractivity contribution >= 4 is 0 Å². The molecule has 0 fully saturated rings. The lowest BCUT2D eigenvalue weighted by Crippen LogP contribution is -1.99. The van der Waals surface area contributed by atoms with Gasteiger partial charge in [-0.2, -0.15) is 0 Å². The minimum absolute atomic E-state index is 0.141. The molecule has 66 valence electrons. The van der Waals surface area contributed by atoms with Crippen LogP contribution in [-0.4, -0.2) is 9.97 Å². The van der Waals surface area contributed by atoms with E-state index in [2.05, 4.69) is 9.97 Å². The average Bonchev–Trinajstić information content (AvgIpc) is 2.43. The van der Waals surface area contributed by atoms with Crippen molar-refractivity contribution in [3.63, 3.8) is 0 Å². The first-order chi connectivity index (χ1) is 5.29. The largest absolute Gasteiger partial charge is 0.323 e. The van der Waals surface area contributed by atoms with Crippen LogP contribution in [0.15, 0.2) is 11.0 Å². The summed E-state index contributed by atoms with van der Waals surface area (Å²) in [7, 11) is 0. The highest BCUT2D eigenvalue weighted by atomic mass is 16.1. The van der Waals surface area contributed by atoms with E-state index in [1.54, 1.807) is 6.20 Å². The standard InChI is InChI=1S/C4H6N2O.2C2H6/c1-3-2-5-4(7)6-3;2*1-2/h2H,1H3,(H2,5,6,7);2*1-2H3. The van der Waals surface area contributed by atoms with Crippen molar-refractivity contribution in [2.75, 3.05) is 0 Å². The Morgan fingerprint density at radius 1 is 1.18 bits per heavy atom. The first-order valence-corrected chi connectivity index (χ1v) is 4.03. The van der Waals surface area contributed by atoms with Crippen molar-refractivity contribution in [2.45, 2.75) is 34.6 Å². The number of hydrogen-bond acceptors (Lipinski definition) is 1. The van der Waals surface area contributed by atoms with Crippen LogP contribution < -0.4 is 5.69 Å². The molecule has 0 saturated heterocycles. The molecule has 0 saturated carbocycles. The highest BCUT2D eigenvalue weighted by molar-refractivity contribution is 4.88. The Balaban J connectivity index is 0. The molecule has 0 aliphatic carbocycles. The lowest BCUT2D eigenvalue weighted by molar-refractivity contribution is 1.16. The molecule has 0 radical (unpaired) electrons. The normalized spacial score (nSPS) is 7.00. The Morgan fingerprint density at radius 3 is 1.73 bits per heavy atom. The predicted octanol–water partition coefficient (Wildman–Crippen LogP) is 2.06. The van der Waals surface area contributed by atoms with Crippen LogP contribution in [0.1, 0.15) is 33.4 Å². The van der Waals surface area contributed by atoms with Crippen LogP contribution in [-0.2, 0) is 0 Å². The molecular weight excluding hydrogens is 140 g/mol. The minimum atomic E-state index is -0.141. The lowest BCUT2D eigenvalue weighted by atomic mass is 10.6. The molecule has 0 spiro atoms. The topological polar surface area (TPSA) is 48.6 Å². The van der Waals surface area contributed by atoms with Crippen LogP contribution in [0, 0.1) is 6.92 Å². The van der Waals surface area contributed by atoms with Gasteiger partial charge >= 0.3 is 5.69 Å². The van der Waals surface area contributed by atoms with Gasteiger partial charge in [0.2, 0.25) is 0 Å².